The maximum atomic E-state index is 13.1. The Morgan fingerprint density at radius 2 is 1.79 bits per heavy atom. The lowest BCUT2D eigenvalue weighted by Gasteiger charge is -2.15. The fraction of sp³-hybridized carbons (Fsp3) is 0.174. The number of carbonyl (C=O) groups excluding carboxylic acids is 1. The van der Waals surface area contributed by atoms with Crippen molar-refractivity contribution >= 4 is 17.5 Å². The highest BCUT2D eigenvalue weighted by Crippen LogP contribution is 2.32. The van der Waals surface area contributed by atoms with E-state index in [1.54, 1.807) is 25.4 Å². The number of aromatic nitrogens is 5. The lowest BCUT2D eigenvalue weighted by molar-refractivity contribution is -0.137. The van der Waals surface area contributed by atoms with Crippen LogP contribution in [0.3, 0.4) is 0 Å². The first kappa shape index (κ1) is 23.4. The Labute approximate surface area is 197 Å². The van der Waals surface area contributed by atoms with Crippen LogP contribution in [-0.2, 0) is 12.6 Å². The van der Waals surface area contributed by atoms with Crippen molar-refractivity contribution in [3.05, 3.63) is 100 Å². The van der Waals surface area contributed by atoms with E-state index in [9.17, 15) is 18.0 Å². The minimum absolute atomic E-state index is 0.196. The van der Waals surface area contributed by atoms with Gasteiger partial charge in [0.15, 0.2) is 11.6 Å². The number of carbonyl (C=O) groups is 1. The summed E-state index contributed by atoms with van der Waals surface area (Å²) in [6, 6.07) is 13.2. The largest absolute Gasteiger partial charge is 0.416 e. The maximum Gasteiger partial charge on any atom is 0.416 e. The number of amides is 1. The summed E-state index contributed by atoms with van der Waals surface area (Å²) in [6.07, 6.45) is -1.13. The molecule has 4 aromatic rings. The van der Waals surface area contributed by atoms with Crippen molar-refractivity contribution in [1.82, 2.24) is 30.0 Å². The average molecular weight is 487 g/mol. The number of hydrogen-bond acceptors (Lipinski definition) is 5. The van der Waals surface area contributed by atoms with Gasteiger partial charge in [-0.15, -0.1) is 5.10 Å². The molecule has 0 spiro atoms. The molecule has 7 nitrogen and oxygen atoms in total. The molecule has 0 aliphatic rings. The second-order valence-electron chi connectivity index (χ2n) is 7.43. The second kappa shape index (κ2) is 9.60. The van der Waals surface area contributed by atoms with Crippen molar-refractivity contribution in [2.24, 2.45) is 0 Å². The lowest BCUT2D eigenvalue weighted by atomic mass is 10.1. The molecule has 174 valence electrons. The first-order chi connectivity index (χ1) is 16.2. The molecule has 2 heterocycles. The summed E-state index contributed by atoms with van der Waals surface area (Å²) < 4.78 is 40.8. The minimum Gasteiger partial charge on any atom is -0.342 e. The summed E-state index contributed by atoms with van der Waals surface area (Å²) in [5.74, 6) is 0.293. The molecule has 0 aliphatic carbocycles. The van der Waals surface area contributed by atoms with E-state index in [1.807, 2.05) is 30.3 Å². The summed E-state index contributed by atoms with van der Waals surface area (Å²) in [5.41, 5.74) is -0.252. The zero-order valence-electron chi connectivity index (χ0n) is 17.8. The average Bonchev–Trinajstić information content (AvgIpc) is 3.23. The Morgan fingerprint density at radius 1 is 1.09 bits per heavy atom. The molecule has 0 radical (unpaired) electrons. The van der Waals surface area contributed by atoms with Gasteiger partial charge in [-0.05, 0) is 36.8 Å². The topological polar surface area (TPSA) is 85.6 Å². The van der Waals surface area contributed by atoms with Crippen LogP contribution >= 0.6 is 11.6 Å². The summed E-state index contributed by atoms with van der Waals surface area (Å²) in [5, 5.41) is 6.96. The Hall–Kier alpha value is -3.79. The molecule has 2 aromatic carbocycles. The highest BCUT2D eigenvalue weighted by molar-refractivity contribution is 6.31. The van der Waals surface area contributed by atoms with Gasteiger partial charge in [-0.3, -0.25) is 4.79 Å². The van der Waals surface area contributed by atoms with Crippen molar-refractivity contribution in [3.63, 3.8) is 0 Å². The molecule has 1 N–H and O–H groups in total. The molecule has 2 aromatic heterocycles. The molecule has 0 bridgehead atoms. The Morgan fingerprint density at radius 3 is 2.47 bits per heavy atom. The Bertz CT molecular complexity index is 1300. The van der Waals surface area contributed by atoms with E-state index >= 15 is 0 Å². The molecule has 34 heavy (non-hydrogen) atoms. The molecular formula is C23H18ClF3N6O. The van der Waals surface area contributed by atoms with Crippen LogP contribution in [0.25, 0.3) is 5.95 Å². The highest BCUT2D eigenvalue weighted by atomic mass is 35.5. The summed E-state index contributed by atoms with van der Waals surface area (Å²) in [4.78, 5) is 25.7. The van der Waals surface area contributed by atoms with Crippen molar-refractivity contribution in [1.29, 1.82) is 0 Å². The van der Waals surface area contributed by atoms with E-state index in [-0.39, 0.29) is 16.5 Å². The number of halogens is 4. The third-order valence-electron chi connectivity index (χ3n) is 4.84. The number of rotatable bonds is 6. The normalized spacial score (nSPS) is 12.4. The Balaban J connectivity index is 1.64. The third-order valence-corrected chi connectivity index (χ3v) is 5.06. The smallest absolute Gasteiger partial charge is 0.342 e. The highest BCUT2D eigenvalue weighted by Gasteiger charge is 2.32. The fourth-order valence-corrected chi connectivity index (χ4v) is 3.51. The van der Waals surface area contributed by atoms with Crippen LogP contribution in [0.15, 0.2) is 67.0 Å². The summed E-state index contributed by atoms with van der Waals surface area (Å²) >= 11 is 5.82. The zero-order chi connectivity index (χ0) is 24.3. The predicted octanol–water partition coefficient (Wildman–Crippen LogP) is 4.81. The summed E-state index contributed by atoms with van der Waals surface area (Å²) in [7, 11) is 0. The van der Waals surface area contributed by atoms with Crippen LogP contribution in [0.1, 0.15) is 46.1 Å². The summed E-state index contributed by atoms with van der Waals surface area (Å²) in [6.45, 7) is 1.64. The number of nitrogens with one attached hydrogen (secondary N) is 1. The van der Waals surface area contributed by atoms with Gasteiger partial charge < -0.3 is 5.32 Å². The molecule has 1 amide bonds. The van der Waals surface area contributed by atoms with Crippen LogP contribution in [0, 0.1) is 0 Å². The lowest BCUT2D eigenvalue weighted by Crippen LogP contribution is -2.29. The van der Waals surface area contributed by atoms with Gasteiger partial charge in [-0.1, -0.05) is 41.9 Å². The van der Waals surface area contributed by atoms with Gasteiger partial charge in [-0.25, -0.2) is 15.0 Å². The minimum atomic E-state index is -4.64. The molecule has 1 atom stereocenters. The van der Waals surface area contributed by atoms with Gasteiger partial charge in [0.05, 0.1) is 11.6 Å². The van der Waals surface area contributed by atoms with Crippen molar-refractivity contribution in [3.8, 4) is 5.95 Å². The van der Waals surface area contributed by atoms with Crippen LogP contribution in [0.2, 0.25) is 5.02 Å². The molecule has 0 saturated heterocycles. The molecule has 4 rings (SSSR count). The van der Waals surface area contributed by atoms with E-state index in [1.165, 1.54) is 10.7 Å². The van der Waals surface area contributed by atoms with E-state index in [4.69, 9.17) is 11.6 Å². The standard InChI is InChI=1S/C23H18ClF3N6O/c1-14(30-21(34)16-11-17(23(25,26)27)13-18(24)12-16)20-31-19(10-15-6-3-2-4-7-15)32-33(20)22-28-8-5-9-29-22/h2-9,11-14H,10H2,1H3,(H,30,34). The molecule has 0 fully saturated rings. The van der Waals surface area contributed by atoms with Crippen LogP contribution in [0.5, 0.6) is 0 Å². The van der Waals surface area contributed by atoms with Crippen molar-refractivity contribution in [2.75, 3.05) is 0 Å². The SMILES string of the molecule is CC(NC(=O)c1cc(Cl)cc(C(F)(F)F)c1)c1nc(Cc2ccccc2)nn1-c1ncccn1. The molecule has 0 aliphatic heterocycles. The van der Waals surface area contributed by atoms with Gasteiger partial charge in [0.2, 0.25) is 0 Å². The quantitative estimate of drug-likeness (QED) is 0.422. The predicted molar refractivity (Wildman–Crippen MR) is 119 cm³/mol. The van der Waals surface area contributed by atoms with Gasteiger partial charge >= 0.3 is 6.18 Å². The van der Waals surface area contributed by atoms with E-state index in [0.717, 1.165) is 17.7 Å². The number of hydrogen-bond donors (Lipinski definition) is 1. The van der Waals surface area contributed by atoms with Crippen LogP contribution in [-0.4, -0.2) is 30.6 Å². The molecular weight excluding hydrogens is 469 g/mol. The second-order valence-corrected chi connectivity index (χ2v) is 7.87. The number of nitrogens with zero attached hydrogens (tertiary/aromatic N) is 5. The monoisotopic (exact) mass is 486 g/mol. The Kier molecular flexibility index (Phi) is 6.60. The van der Waals surface area contributed by atoms with E-state index in [0.29, 0.717) is 18.1 Å². The van der Waals surface area contributed by atoms with Crippen LogP contribution in [0.4, 0.5) is 13.2 Å². The van der Waals surface area contributed by atoms with Gasteiger partial charge in [0.1, 0.15) is 0 Å². The van der Waals surface area contributed by atoms with E-state index < -0.39 is 23.7 Å². The van der Waals surface area contributed by atoms with Crippen molar-refractivity contribution in [2.45, 2.75) is 25.6 Å². The van der Waals surface area contributed by atoms with Crippen molar-refractivity contribution < 1.29 is 18.0 Å². The van der Waals surface area contributed by atoms with Gasteiger partial charge in [-0.2, -0.15) is 17.9 Å². The molecule has 1 unspecified atom stereocenters. The number of benzene rings is 2. The van der Waals surface area contributed by atoms with Gasteiger partial charge in [0, 0.05) is 29.4 Å². The van der Waals surface area contributed by atoms with Crippen LogP contribution < -0.4 is 5.32 Å². The first-order valence-corrected chi connectivity index (χ1v) is 10.5. The maximum absolute atomic E-state index is 13.1. The van der Waals surface area contributed by atoms with E-state index in [2.05, 4.69) is 25.4 Å². The van der Waals surface area contributed by atoms with Gasteiger partial charge in [0.25, 0.3) is 11.9 Å². The molecule has 11 heteroatoms. The zero-order valence-corrected chi connectivity index (χ0v) is 18.5. The fourth-order valence-electron chi connectivity index (χ4n) is 3.28. The molecule has 0 saturated carbocycles. The first-order valence-electron chi connectivity index (χ1n) is 10.2. The third kappa shape index (κ3) is 5.40. The number of alkyl halides is 3.